The highest BCUT2D eigenvalue weighted by molar-refractivity contribution is 6.31. The predicted molar refractivity (Wildman–Crippen MR) is 79.8 cm³/mol. The minimum absolute atomic E-state index is 0.199. The van der Waals surface area contributed by atoms with Crippen LogP contribution in [-0.4, -0.2) is 31.0 Å². The Morgan fingerprint density at radius 2 is 1.95 bits per heavy atom. The number of amides is 1. The molecule has 21 heavy (non-hydrogen) atoms. The summed E-state index contributed by atoms with van der Waals surface area (Å²) in [6, 6.07) is 9.75. The van der Waals surface area contributed by atoms with Gasteiger partial charge in [0.15, 0.2) is 0 Å². The summed E-state index contributed by atoms with van der Waals surface area (Å²) in [5, 5.41) is 0.419. The summed E-state index contributed by atoms with van der Waals surface area (Å²) in [5.74, 6) is -0.877. The Labute approximate surface area is 127 Å². The SMILES string of the molecule is COC(=O)c1ccccc1N(C)C(=O)c1cc(Cl)ccn1. The molecule has 0 aliphatic heterocycles. The molecule has 2 rings (SSSR count). The number of esters is 1. The highest BCUT2D eigenvalue weighted by atomic mass is 35.5. The second-order valence-corrected chi connectivity index (χ2v) is 4.67. The fourth-order valence-electron chi connectivity index (χ4n) is 1.85. The lowest BCUT2D eigenvalue weighted by Gasteiger charge is -2.19. The number of aromatic nitrogens is 1. The first-order chi connectivity index (χ1) is 10.0. The van der Waals surface area contributed by atoms with Crippen molar-refractivity contribution in [2.75, 3.05) is 19.1 Å². The largest absolute Gasteiger partial charge is 0.465 e. The zero-order valence-corrected chi connectivity index (χ0v) is 12.3. The maximum absolute atomic E-state index is 12.4. The second kappa shape index (κ2) is 6.37. The average Bonchev–Trinajstić information content (AvgIpc) is 2.52. The Morgan fingerprint density at radius 1 is 1.24 bits per heavy atom. The second-order valence-electron chi connectivity index (χ2n) is 4.23. The molecule has 0 saturated heterocycles. The van der Waals surface area contributed by atoms with Crippen molar-refractivity contribution < 1.29 is 14.3 Å². The van der Waals surface area contributed by atoms with E-state index in [0.29, 0.717) is 16.3 Å². The molecular formula is C15H13ClN2O3. The average molecular weight is 305 g/mol. The molecule has 0 radical (unpaired) electrons. The fourth-order valence-corrected chi connectivity index (χ4v) is 2.01. The number of anilines is 1. The lowest BCUT2D eigenvalue weighted by atomic mass is 10.1. The summed E-state index contributed by atoms with van der Waals surface area (Å²) in [5.41, 5.74) is 0.943. The number of carbonyl (C=O) groups is 2. The van der Waals surface area contributed by atoms with Crippen LogP contribution in [0.1, 0.15) is 20.8 Å². The van der Waals surface area contributed by atoms with Crippen LogP contribution in [0.15, 0.2) is 42.6 Å². The Hall–Kier alpha value is -2.40. The summed E-state index contributed by atoms with van der Waals surface area (Å²) in [6.07, 6.45) is 1.45. The van der Waals surface area contributed by atoms with E-state index in [4.69, 9.17) is 16.3 Å². The first-order valence-electron chi connectivity index (χ1n) is 6.11. The normalized spacial score (nSPS) is 10.0. The molecular weight excluding hydrogens is 292 g/mol. The molecule has 6 heteroatoms. The third-order valence-electron chi connectivity index (χ3n) is 2.92. The first-order valence-corrected chi connectivity index (χ1v) is 6.49. The summed E-state index contributed by atoms with van der Waals surface area (Å²) >= 11 is 5.86. The molecule has 0 aliphatic carbocycles. The smallest absolute Gasteiger partial charge is 0.339 e. The zero-order chi connectivity index (χ0) is 15.4. The molecule has 0 atom stereocenters. The number of pyridine rings is 1. The van der Waals surface area contributed by atoms with Crippen LogP contribution in [0.2, 0.25) is 5.02 Å². The van der Waals surface area contributed by atoms with Gasteiger partial charge in [-0.1, -0.05) is 23.7 Å². The van der Waals surface area contributed by atoms with Gasteiger partial charge in [0, 0.05) is 18.3 Å². The molecule has 0 unspecified atom stereocenters. The van der Waals surface area contributed by atoms with Crippen molar-refractivity contribution in [1.29, 1.82) is 0 Å². The number of methoxy groups -OCH3 is 1. The van der Waals surface area contributed by atoms with Gasteiger partial charge in [-0.3, -0.25) is 9.78 Å². The van der Waals surface area contributed by atoms with Crippen molar-refractivity contribution >= 4 is 29.2 Å². The molecule has 1 heterocycles. The van der Waals surface area contributed by atoms with Crippen LogP contribution in [0.5, 0.6) is 0 Å². The van der Waals surface area contributed by atoms with Crippen molar-refractivity contribution in [3.05, 3.63) is 58.9 Å². The fraction of sp³-hybridized carbons (Fsp3) is 0.133. The van der Waals surface area contributed by atoms with Crippen LogP contribution in [0, 0.1) is 0 Å². The summed E-state index contributed by atoms with van der Waals surface area (Å²) in [7, 11) is 2.85. The molecule has 108 valence electrons. The Morgan fingerprint density at radius 3 is 2.62 bits per heavy atom. The van der Waals surface area contributed by atoms with Gasteiger partial charge in [0.2, 0.25) is 0 Å². The van der Waals surface area contributed by atoms with Crippen molar-refractivity contribution in [3.8, 4) is 0 Å². The van der Waals surface area contributed by atoms with Crippen LogP contribution in [0.4, 0.5) is 5.69 Å². The van der Waals surface area contributed by atoms with Gasteiger partial charge in [0.25, 0.3) is 5.91 Å². The van der Waals surface area contributed by atoms with Gasteiger partial charge in [-0.25, -0.2) is 4.79 Å². The van der Waals surface area contributed by atoms with E-state index in [2.05, 4.69) is 4.98 Å². The van der Waals surface area contributed by atoms with Crippen LogP contribution >= 0.6 is 11.6 Å². The number of rotatable bonds is 3. The van der Waals surface area contributed by atoms with Crippen molar-refractivity contribution in [3.63, 3.8) is 0 Å². The molecule has 0 aliphatic rings. The molecule has 0 fully saturated rings. The maximum Gasteiger partial charge on any atom is 0.339 e. The Bertz CT molecular complexity index is 688. The van der Waals surface area contributed by atoms with E-state index in [1.165, 1.54) is 24.3 Å². The standard InChI is InChI=1S/C15H13ClN2O3/c1-18(14(19)12-9-10(16)7-8-17-12)13-6-4-3-5-11(13)15(20)21-2/h3-9H,1-2H3. The van der Waals surface area contributed by atoms with E-state index >= 15 is 0 Å². The van der Waals surface area contributed by atoms with E-state index in [1.807, 2.05) is 0 Å². The monoisotopic (exact) mass is 304 g/mol. The molecule has 0 saturated carbocycles. The highest BCUT2D eigenvalue weighted by Crippen LogP contribution is 2.22. The van der Waals surface area contributed by atoms with Gasteiger partial charge in [-0.2, -0.15) is 0 Å². The number of nitrogens with zero attached hydrogens (tertiary/aromatic N) is 2. The minimum atomic E-state index is -0.510. The lowest BCUT2D eigenvalue weighted by Crippen LogP contribution is -2.28. The third-order valence-corrected chi connectivity index (χ3v) is 3.15. The number of hydrogen-bond donors (Lipinski definition) is 0. The predicted octanol–water partition coefficient (Wildman–Crippen LogP) is 2.80. The van der Waals surface area contributed by atoms with E-state index < -0.39 is 5.97 Å². The molecule has 0 spiro atoms. The quantitative estimate of drug-likeness (QED) is 0.818. The van der Waals surface area contributed by atoms with Crippen LogP contribution in [0.3, 0.4) is 0 Å². The van der Waals surface area contributed by atoms with Gasteiger partial charge in [0.05, 0.1) is 18.4 Å². The molecule has 1 aromatic heterocycles. The molecule has 2 aromatic rings. The molecule has 0 N–H and O–H groups in total. The minimum Gasteiger partial charge on any atom is -0.465 e. The molecule has 0 bridgehead atoms. The number of halogens is 1. The highest BCUT2D eigenvalue weighted by Gasteiger charge is 2.20. The molecule has 5 nitrogen and oxygen atoms in total. The van der Waals surface area contributed by atoms with Crippen molar-refractivity contribution in [1.82, 2.24) is 4.98 Å². The topological polar surface area (TPSA) is 59.5 Å². The first kappa shape index (κ1) is 15.0. The maximum atomic E-state index is 12.4. The van der Waals surface area contributed by atoms with Gasteiger partial charge < -0.3 is 9.64 Å². The third kappa shape index (κ3) is 3.20. The summed E-state index contributed by atoms with van der Waals surface area (Å²) in [4.78, 5) is 29.5. The summed E-state index contributed by atoms with van der Waals surface area (Å²) < 4.78 is 4.72. The van der Waals surface area contributed by atoms with Gasteiger partial charge in [0.1, 0.15) is 5.69 Å². The Kier molecular flexibility index (Phi) is 4.55. The number of para-hydroxylation sites is 1. The number of carbonyl (C=O) groups excluding carboxylic acids is 2. The van der Waals surface area contributed by atoms with Gasteiger partial charge in [-0.05, 0) is 24.3 Å². The van der Waals surface area contributed by atoms with Gasteiger partial charge in [-0.15, -0.1) is 0 Å². The van der Waals surface area contributed by atoms with Gasteiger partial charge >= 0.3 is 5.97 Å². The van der Waals surface area contributed by atoms with E-state index in [0.717, 1.165) is 0 Å². The van der Waals surface area contributed by atoms with Crippen LogP contribution in [-0.2, 0) is 4.74 Å². The van der Waals surface area contributed by atoms with E-state index in [-0.39, 0.29) is 11.6 Å². The molecule has 1 amide bonds. The number of ether oxygens (including phenoxy) is 1. The van der Waals surface area contributed by atoms with E-state index in [1.54, 1.807) is 37.4 Å². The number of benzene rings is 1. The zero-order valence-electron chi connectivity index (χ0n) is 11.5. The lowest BCUT2D eigenvalue weighted by molar-refractivity contribution is 0.0601. The Balaban J connectivity index is 2.38. The van der Waals surface area contributed by atoms with Crippen molar-refractivity contribution in [2.24, 2.45) is 0 Å². The summed E-state index contributed by atoms with van der Waals surface area (Å²) in [6.45, 7) is 0. The van der Waals surface area contributed by atoms with Crippen LogP contribution < -0.4 is 4.90 Å². The van der Waals surface area contributed by atoms with Crippen molar-refractivity contribution in [2.45, 2.75) is 0 Å². The van der Waals surface area contributed by atoms with E-state index in [9.17, 15) is 9.59 Å². The molecule has 1 aromatic carbocycles. The van der Waals surface area contributed by atoms with Crippen LogP contribution in [0.25, 0.3) is 0 Å². The number of hydrogen-bond acceptors (Lipinski definition) is 4.